The molecule has 5 heteroatoms. The van der Waals surface area contributed by atoms with Gasteiger partial charge in [-0.25, -0.2) is 4.98 Å². The number of halogens is 2. The first-order chi connectivity index (χ1) is 8.16. The number of nitrogens with one attached hydrogen (secondary N) is 1. The highest BCUT2D eigenvalue weighted by Gasteiger charge is 2.22. The molecule has 94 valence electrons. The van der Waals surface area contributed by atoms with E-state index in [1.165, 1.54) is 6.42 Å². The molecule has 1 saturated carbocycles. The molecule has 0 amide bonds. The summed E-state index contributed by atoms with van der Waals surface area (Å²) in [7, 11) is 0. The highest BCUT2D eigenvalue weighted by molar-refractivity contribution is 6.35. The number of nitrogens with zero attached hydrogens (tertiary/aromatic N) is 1. The molecule has 1 aliphatic rings. The Bertz CT molecular complexity index is 387. The molecule has 1 fully saturated rings. The van der Waals surface area contributed by atoms with E-state index in [0.29, 0.717) is 22.4 Å². The Kier molecular flexibility index (Phi) is 4.48. The Morgan fingerprint density at radius 3 is 2.82 bits per heavy atom. The second-order valence-electron chi connectivity index (χ2n) is 4.48. The third-order valence-electron chi connectivity index (χ3n) is 3.21. The van der Waals surface area contributed by atoms with E-state index in [4.69, 9.17) is 23.2 Å². The number of anilines is 1. The second-order valence-corrected chi connectivity index (χ2v) is 5.32. The Labute approximate surface area is 111 Å². The predicted octanol–water partition coefficient (Wildman–Crippen LogP) is 3.35. The van der Waals surface area contributed by atoms with Gasteiger partial charge in [-0.2, -0.15) is 0 Å². The van der Waals surface area contributed by atoms with E-state index in [1.54, 1.807) is 12.3 Å². The number of aliphatic hydroxyl groups excluding tert-OH is 1. The molecule has 2 unspecified atom stereocenters. The summed E-state index contributed by atoms with van der Waals surface area (Å²) in [6.07, 6.45) is 5.62. The number of aliphatic hydroxyl groups is 1. The zero-order chi connectivity index (χ0) is 12.3. The van der Waals surface area contributed by atoms with E-state index < -0.39 is 0 Å². The van der Waals surface area contributed by atoms with Crippen molar-refractivity contribution < 1.29 is 5.11 Å². The van der Waals surface area contributed by atoms with Gasteiger partial charge >= 0.3 is 0 Å². The summed E-state index contributed by atoms with van der Waals surface area (Å²) in [6.45, 7) is 0.704. The predicted molar refractivity (Wildman–Crippen MR) is 70.7 cm³/mol. The molecule has 2 rings (SSSR count). The van der Waals surface area contributed by atoms with Crippen molar-refractivity contribution in [2.24, 2.45) is 5.92 Å². The highest BCUT2D eigenvalue weighted by Crippen LogP contribution is 2.26. The van der Waals surface area contributed by atoms with Crippen LogP contribution in [0.1, 0.15) is 25.7 Å². The monoisotopic (exact) mass is 274 g/mol. The van der Waals surface area contributed by atoms with Gasteiger partial charge in [0.1, 0.15) is 5.82 Å². The van der Waals surface area contributed by atoms with Crippen molar-refractivity contribution >= 4 is 29.0 Å². The summed E-state index contributed by atoms with van der Waals surface area (Å²) in [5, 5.41) is 14.1. The fourth-order valence-corrected chi connectivity index (χ4v) is 2.65. The molecule has 1 heterocycles. The highest BCUT2D eigenvalue weighted by atomic mass is 35.5. The third-order valence-corrected chi connectivity index (χ3v) is 3.70. The van der Waals surface area contributed by atoms with Crippen molar-refractivity contribution in [1.82, 2.24) is 4.98 Å². The number of rotatable bonds is 3. The van der Waals surface area contributed by atoms with Crippen LogP contribution in [0.5, 0.6) is 0 Å². The second kappa shape index (κ2) is 5.89. The topological polar surface area (TPSA) is 45.1 Å². The maximum atomic E-state index is 9.85. The van der Waals surface area contributed by atoms with Gasteiger partial charge in [0.25, 0.3) is 0 Å². The molecule has 0 bridgehead atoms. The van der Waals surface area contributed by atoms with Crippen LogP contribution >= 0.6 is 23.2 Å². The lowest BCUT2D eigenvalue weighted by Gasteiger charge is -2.27. The maximum absolute atomic E-state index is 9.85. The molecule has 3 nitrogen and oxygen atoms in total. The smallest absolute Gasteiger partial charge is 0.144 e. The molecular weight excluding hydrogens is 259 g/mol. The molecule has 1 aromatic heterocycles. The van der Waals surface area contributed by atoms with Crippen LogP contribution in [-0.2, 0) is 0 Å². The Morgan fingerprint density at radius 2 is 2.12 bits per heavy atom. The quantitative estimate of drug-likeness (QED) is 0.889. The summed E-state index contributed by atoms with van der Waals surface area (Å²) in [5.74, 6) is 0.922. The van der Waals surface area contributed by atoms with Gasteiger partial charge < -0.3 is 10.4 Å². The molecule has 2 atom stereocenters. The van der Waals surface area contributed by atoms with Gasteiger partial charge in [0, 0.05) is 18.7 Å². The van der Waals surface area contributed by atoms with Crippen molar-refractivity contribution in [3.05, 3.63) is 22.3 Å². The SMILES string of the molecule is OC1CCCCC1CNc1ncc(Cl)cc1Cl. The molecule has 0 spiro atoms. The molecule has 0 radical (unpaired) electrons. The maximum Gasteiger partial charge on any atom is 0.144 e. The van der Waals surface area contributed by atoms with E-state index in [2.05, 4.69) is 10.3 Å². The van der Waals surface area contributed by atoms with Crippen LogP contribution in [0.25, 0.3) is 0 Å². The summed E-state index contributed by atoms with van der Waals surface area (Å²) < 4.78 is 0. The molecule has 1 aromatic rings. The van der Waals surface area contributed by atoms with Gasteiger partial charge in [-0.15, -0.1) is 0 Å². The van der Waals surface area contributed by atoms with Gasteiger partial charge in [0.05, 0.1) is 16.1 Å². The standard InChI is InChI=1S/C12H16Cl2N2O/c13-9-5-10(14)12(16-7-9)15-6-8-3-1-2-4-11(8)17/h5,7-8,11,17H,1-4,6H2,(H,15,16). The van der Waals surface area contributed by atoms with Crippen LogP contribution in [-0.4, -0.2) is 22.7 Å². The van der Waals surface area contributed by atoms with Gasteiger partial charge in [-0.3, -0.25) is 0 Å². The Hall–Kier alpha value is -0.510. The Morgan fingerprint density at radius 1 is 1.35 bits per heavy atom. The zero-order valence-corrected chi connectivity index (χ0v) is 11.0. The van der Waals surface area contributed by atoms with Crippen LogP contribution in [0.15, 0.2) is 12.3 Å². The fourth-order valence-electron chi connectivity index (χ4n) is 2.20. The number of pyridine rings is 1. The minimum atomic E-state index is -0.206. The summed E-state index contributed by atoms with van der Waals surface area (Å²) in [6, 6.07) is 1.66. The first-order valence-electron chi connectivity index (χ1n) is 5.90. The van der Waals surface area contributed by atoms with E-state index >= 15 is 0 Å². The van der Waals surface area contributed by atoms with Crippen LogP contribution in [0.4, 0.5) is 5.82 Å². The lowest BCUT2D eigenvalue weighted by atomic mass is 9.86. The van der Waals surface area contributed by atoms with Crippen molar-refractivity contribution in [1.29, 1.82) is 0 Å². The van der Waals surface area contributed by atoms with Crippen LogP contribution in [0.2, 0.25) is 10.0 Å². The average Bonchev–Trinajstić information content (AvgIpc) is 2.30. The zero-order valence-electron chi connectivity index (χ0n) is 9.50. The van der Waals surface area contributed by atoms with Crippen molar-refractivity contribution in [2.45, 2.75) is 31.8 Å². The van der Waals surface area contributed by atoms with E-state index in [-0.39, 0.29) is 12.0 Å². The van der Waals surface area contributed by atoms with Gasteiger partial charge in [0.15, 0.2) is 0 Å². The summed E-state index contributed by atoms with van der Waals surface area (Å²) in [4.78, 5) is 4.13. The number of hydrogen-bond donors (Lipinski definition) is 2. The average molecular weight is 275 g/mol. The first-order valence-corrected chi connectivity index (χ1v) is 6.65. The molecule has 1 aliphatic carbocycles. The summed E-state index contributed by atoms with van der Waals surface area (Å²) >= 11 is 11.8. The Balaban J connectivity index is 1.92. The summed E-state index contributed by atoms with van der Waals surface area (Å²) in [5.41, 5.74) is 0. The lowest BCUT2D eigenvalue weighted by Crippen LogP contribution is -2.30. The van der Waals surface area contributed by atoms with E-state index in [9.17, 15) is 5.11 Å². The third kappa shape index (κ3) is 3.47. The molecule has 17 heavy (non-hydrogen) atoms. The number of aromatic nitrogens is 1. The first kappa shape index (κ1) is 12.9. The van der Waals surface area contributed by atoms with Crippen LogP contribution in [0.3, 0.4) is 0 Å². The normalized spacial score (nSPS) is 24.6. The largest absolute Gasteiger partial charge is 0.393 e. The van der Waals surface area contributed by atoms with E-state index in [1.807, 2.05) is 0 Å². The van der Waals surface area contributed by atoms with Crippen molar-refractivity contribution in [3.8, 4) is 0 Å². The molecule has 0 saturated heterocycles. The van der Waals surface area contributed by atoms with Gasteiger partial charge in [0.2, 0.25) is 0 Å². The number of hydrogen-bond acceptors (Lipinski definition) is 3. The molecule has 2 N–H and O–H groups in total. The van der Waals surface area contributed by atoms with Crippen LogP contribution < -0.4 is 5.32 Å². The lowest BCUT2D eigenvalue weighted by molar-refractivity contribution is 0.0763. The minimum absolute atomic E-state index is 0.206. The molecule has 0 aliphatic heterocycles. The van der Waals surface area contributed by atoms with Crippen LogP contribution in [0, 0.1) is 5.92 Å². The van der Waals surface area contributed by atoms with Gasteiger partial charge in [-0.1, -0.05) is 36.0 Å². The van der Waals surface area contributed by atoms with Crippen molar-refractivity contribution in [2.75, 3.05) is 11.9 Å². The molecular formula is C12H16Cl2N2O. The van der Waals surface area contributed by atoms with Crippen molar-refractivity contribution in [3.63, 3.8) is 0 Å². The van der Waals surface area contributed by atoms with E-state index in [0.717, 1.165) is 19.3 Å². The van der Waals surface area contributed by atoms with Gasteiger partial charge in [-0.05, 0) is 18.9 Å². The minimum Gasteiger partial charge on any atom is -0.393 e. The molecule has 0 aromatic carbocycles. The fraction of sp³-hybridized carbons (Fsp3) is 0.583.